The lowest BCUT2D eigenvalue weighted by molar-refractivity contribution is 0.414. The fourth-order valence-corrected chi connectivity index (χ4v) is 2.59. The van der Waals surface area contributed by atoms with Crippen molar-refractivity contribution >= 4 is 5.69 Å². The van der Waals surface area contributed by atoms with Crippen LogP contribution >= 0.6 is 0 Å². The van der Waals surface area contributed by atoms with Crippen LogP contribution in [0.3, 0.4) is 0 Å². The van der Waals surface area contributed by atoms with Crippen molar-refractivity contribution in [2.45, 2.75) is 26.9 Å². The second kappa shape index (κ2) is 8.59. The maximum atomic E-state index is 5.60. The third kappa shape index (κ3) is 5.29. The van der Waals surface area contributed by atoms with Crippen LogP contribution in [0.1, 0.15) is 25.0 Å². The molecule has 0 heterocycles. The molecule has 0 aliphatic rings. The summed E-state index contributed by atoms with van der Waals surface area (Å²) in [7, 11) is 3.84. The van der Waals surface area contributed by atoms with Crippen LogP contribution in [-0.4, -0.2) is 20.7 Å². The van der Waals surface area contributed by atoms with Crippen molar-refractivity contribution in [1.82, 2.24) is 5.32 Å². The van der Waals surface area contributed by atoms with Gasteiger partial charge in [0.05, 0.1) is 12.8 Å². The topological polar surface area (TPSA) is 24.5 Å². The van der Waals surface area contributed by atoms with Gasteiger partial charge in [-0.2, -0.15) is 0 Å². The van der Waals surface area contributed by atoms with Gasteiger partial charge in [-0.1, -0.05) is 50.2 Å². The Labute approximate surface area is 140 Å². The maximum Gasteiger partial charge on any atom is 0.142 e. The van der Waals surface area contributed by atoms with E-state index in [2.05, 4.69) is 73.6 Å². The highest BCUT2D eigenvalue weighted by Crippen LogP contribution is 2.29. The Bertz CT molecular complexity index is 596. The van der Waals surface area contributed by atoms with Crippen LogP contribution in [0.15, 0.2) is 48.5 Å². The normalized spacial score (nSPS) is 10.8. The summed E-state index contributed by atoms with van der Waals surface area (Å²) in [6.45, 7) is 7.20. The van der Waals surface area contributed by atoms with Crippen molar-refractivity contribution in [2.24, 2.45) is 5.92 Å². The van der Waals surface area contributed by atoms with Crippen LogP contribution in [0.25, 0.3) is 0 Å². The lowest BCUT2D eigenvalue weighted by atomic mass is 10.1. The first-order valence-electron chi connectivity index (χ1n) is 8.23. The molecule has 0 aromatic heterocycles. The first-order valence-corrected chi connectivity index (χ1v) is 8.23. The van der Waals surface area contributed by atoms with Gasteiger partial charge < -0.3 is 15.0 Å². The number of rotatable bonds is 8. The molecule has 23 heavy (non-hydrogen) atoms. The standard InChI is InChI=1S/C20H28N2O/c1-16(2)13-21-14-18-10-11-19(20(12-18)23-4)22(3)15-17-8-6-5-7-9-17/h5-12,16,21H,13-15H2,1-4H3. The van der Waals surface area contributed by atoms with Crippen LogP contribution in [-0.2, 0) is 13.1 Å². The molecule has 3 heteroatoms. The second-order valence-corrected chi connectivity index (χ2v) is 6.37. The molecule has 0 aliphatic heterocycles. The molecule has 0 fully saturated rings. The lowest BCUT2D eigenvalue weighted by Crippen LogP contribution is -2.20. The van der Waals surface area contributed by atoms with E-state index in [-0.39, 0.29) is 0 Å². The van der Waals surface area contributed by atoms with Gasteiger partial charge in [-0.25, -0.2) is 0 Å². The molecule has 0 atom stereocenters. The summed E-state index contributed by atoms with van der Waals surface area (Å²) in [5, 5.41) is 3.47. The number of hydrogen-bond donors (Lipinski definition) is 1. The van der Waals surface area contributed by atoms with E-state index in [0.717, 1.165) is 31.1 Å². The predicted molar refractivity (Wildman–Crippen MR) is 98.1 cm³/mol. The molecule has 3 nitrogen and oxygen atoms in total. The Morgan fingerprint density at radius 3 is 2.43 bits per heavy atom. The molecular weight excluding hydrogens is 284 g/mol. The first-order chi connectivity index (χ1) is 11.1. The van der Waals surface area contributed by atoms with Crippen LogP contribution in [0.5, 0.6) is 5.75 Å². The minimum Gasteiger partial charge on any atom is -0.495 e. The monoisotopic (exact) mass is 312 g/mol. The number of hydrogen-bond acceptors (Lipinski definition) is 3. The van der Waals surface area contributed by atoms with Crippen molar-refractivity contribution in [3.63, 3.8) is 0 Å². The summed E-state index contributed by atoms with van der Waals surface area (Å²) in [5.41, 5.74) is 3.66. The minimum absolute atomic E-state index is 0.660. The van der Waals surface area contributed by atoms with E-state index in [1.165, 1.54) is 11.1 Å². The number of methoxy groups -OCH3 is 1. The minimum atomic E-state index is 0.660. The van der Waals surface area contributed by atoms with Crippen LogP contribution in [0.2, 0.25) is 0 Å². The third-order valence-corrected chi connectivity index (χ3v) is 3.80. The summed E-state index contributed by atoms with van der Waals surface area (Å²) >= 11 is 0. The fourth-order valence-electron chi connectivity index (χ4n) is 2.59. The van der Waals surface area contributed by atoms with E-state index in [1.54, 1.807) is 7.11 Å². The van der Waals surface area contributed by atoms with Crippen LogP contribution in [0, 0.1) is 5.92 Å². The zero-order chi connectivity index (χ0) is 16.7. The van der Waals surface area contributed by atoms with Crippen molar-refractivity contribution in [3.05, 3.63) is 59.7 Å². The van der Waals surface area contributed by atoms with Gasteiger partial charge in [0.15, 0.2) is 0 Å². The molecule has 2 aromatic rings. The highest BCUT2D eigenvalue weighted by molar-refractivity contribution is 5.59. The second-order valence-electron chi connectivity index (χ2n) is 6.37. The SMILES string of the molecule is COc1cc(CNCC(C)C)ccc1N(C)Cc1ccccc1. The van der Waals surface area contributed by atoms with E-state index in [0.29, 0.717) is 5.92 Å². The lowest BCUT2D eigenvalue weighted by Gasteiger charge is -2.22. The molecule has 0 unspecified atom stereocenters. The van der Waals surface area contributed by atoms with E-state index < -0.39 is 0 Å². The van der Waals surface area contributed by atoms with Gasteiger partial charge in [-0.3, -0.25) is 0 Å². The number of benzene rings is 2. The molecule has 2 rings (SSSR count). The average Bonchev–Trinajstić information content (AvgIpc) is 2.55. The van der Waals surface area contributed by atoms with Crippen molar-refractivity contribution in [2.75, 3.05) is 25.6 Å². The van der Waals surface area contributed by atoms with Gasteiger partial charge in [-0.05, 0) is 35.7 Å². The summed E-state index contributed by atoms with van der Waals surface area (Å²) in [6.07, 6.45) is 0. The smallest absolute Gasteiger partial charge is 0.142 e. The molecule has 0 radical (unpaired) electrons. The summed E-state index contributed by atoms with van der Waals surface area (Å²) < 4.78 is 5.60. The number of nitrogens with zero attached hydrogens (tertiary/aromatic N) is 1. The highest BCUT2D eigenvalue weighted by Gasteiger charge is 2.10. The summed E-state index contributed by atoms with van der Waals surface area (Å²) in [5.74, 6) is 1.58. The quantitative estimate of drug-likeness (QED) is 0.795. The van der Waals surface area contributed by atoms with Crippen molar-refractivity contribution < 1.29 is 4.74 Å². The molecular formula is C20H28N2O. The van der Waals surface area contributed by atoms with Gasteiger partial charge in [0.1, 0.15) is 5.75 Å². The molecule has 0 amide bonds. The fraction of sp³-hybridized carbons (Fsp3) is 0.400. The molecule has 2 aromatic carbocycles. The van der Waals surface area contributed by atoms with E-state index in [9.17, 15) is 0 Å². The number of anilines is 1. The largest absolute Gasteiger partial charge is 0.495 e. The summed E-state index contributed by atoms with van der Waals surface area (Å²) in [4.78, 5) is 2.22. The Hall–Kier alpha value is -2.00. The first kappa shape index (κ1) is 17.4. The average molecular weight is 312 g/mol. The molecule has 0 saturated carbocycles. The highest BCUT2D eigenvalue weighted by atomic mass is 16.5. The molecule has 1 N–H and O–H groups in total. The van der Waals surface area contributed by atoms with E-state index >= 15 is 0 Å². The summed E-state index contributed by atoms with van der Waals surface area (Å²) in [6, 6.07) is 16.9. The number of nitrogens with one attached hydrogen (secondary N) is 1. The van der Waals surface area contributed by atoms with Crippen molar-refractivity contribution in [1.29, 1.82) is 0 Å². The molecule has 0 saturated heterocycles. The maximum absolute atomic E-state index is 5.60. The van der Waals surface area contributed by atoms with Gasteiger partial charge >= 0.3 is 0 Å². The Balaban J connectivity index is 2.06. The van der Waals surface area contributed by atoms with E-state index in [1.807, 2.05) is 6.07 Å². The zero-order valence-corrected chi connectivity index (χ0v) is 14.7. The zero-order valence-electron chi connectivity index (χ0n) is 14.7. The Morgan fingerprint density at radius 2 is 1.78 bits per heavy atom. The van der Waals surface area contributed by atoms with Gasteiger partial charge in [-0.15, -0.1) is 0 Å². The van der Waals surface area contributed by atoms with Crippen molar-refractivity contribution in [3.8, 4) is 5.75 Å². The van der Waals surface area contributed by atoms with E-state index in [4.69, 9.17) is 4.74 Å². The number of ether oxygens (including phenoxy) is 1. The molecule has 0 aliphatic carbocycles. The van der Waals surface area contributed by atoms with Crippen LogP contribution < -0.4 is 15.0 Å². The molecule has 0 bridgehead atoms. The van der Waals surface area contributed by atoms with Crippen LogP contribution in [0.4, 0.5) is 5.69 Å². The Morgan fingerprint density at radius 1 is 1.04 bits per heavy atom. The predicted octanol–water partition coefficient (Wildman–Crippen LogP) is 4.08. The van der Waals surface area contributed by atoms with Gasteiger partial charge in [0.2, 0.25) is 0 Å². The third-order valence-electron chi connectivity index (χ3n) is 3.80. The van der Waals surface area contributed by atoms with Gasteiger partial charge in [0, 0.05) is 20.1 Å². The Kier molecular flexibility index (Phi) is 6.48. The molecule has 0 spiro atoms. The van der Waals surface area contributed by atoms with Gasteiger partial charge in [0.25, 0.3) is 0 Å². The molecule has 124 valence electrons.